The lowest BCUT2D eigenvalue weighted by atomic mass is 10.0. The van der Waals surface area contributed by atoms with Crippen LogP contribution in [0.2, 0.25) is 0 Å². The van der Waals surface area contributed by atoms with E-state index in [1.165, 1.54) is 0 Å². The van der Waals surface area contributed by atoms with Gasteiger partial charge in [0.2, 0.25) is 0 Å². The fourth-order valence-electron chi connectivity index (χ4n) is 1.80. The van der Waals surface area contributed by atoms with Crippen molar-refractivity contribution in [1.29, 1.82) is 0 Å². The van der Waals surface area contributed by atoms with Gasteiger partial charge in [-0.2, -0.15) is 5.10 Å². The topological polar surface area (TPSA) is 47.3 Å². The average molecular weight is 226 g/mol. The van der Waals surface area contributed by atoms with Gasteiger partial charge in [0.1, 0.15) is 0 Å². The third-order valence-electron chi connectivity index (χ3n) is 2.57. The lowest BCUT2D eigenvalue weighted by molar-refractivity contribution is -0.0367. The maximum atomic E-state index is 10.1. The number of aliphatic hydroxyl groups is 1. The Kier molecular flexibility index (Phi) is 5.49. The standard InChI is InChI=1S/C12H22N2O2/c1-4-6-12(16-5-2)11(15)9-10-7-8-14(3)13-10/h7-8,11-12,15H,4-6,9H2,1-3H3. The van der Waals surface area contributed by atoms with Crippen LogP contribution in [0.25, 0.3) is 0 Å². The summed E-state index contributed by atoms with van der Waals surface area (Å²) in [5.41, 5.74) is 0.913. The second-order valence-electron chi connectivity index (χ2n) is 4.03. The zero-order chi connectivity index (χ0) is 12.0. The van der Waals surface area contributed by atoms with Gasteiger partial charge in [-0.25, -0.2) is 0 Å². The van der Waals surface area contributed by atoms with Crippen molar-refractivity contribution in [2.75, 3.05) is 6.61 Å². The molecule has 0 amide bonds. The summed E-state index contributed by atoms with van der Waals surface area (Å²) in [7, 11) is 1.88. The lowest BCUT2D eigenvalue weighted by Crippen LogP contribution is -2.31. The Hall–Kier alpha value is -0.870. The molecule has 1 N–H and O–H groups in total. The molecule has 0 radical (unpaired) electrons. The molecule has 1 heterocycles. The number of hydrogen-bond acceptors (Lipinski definition) is 3. The highest BCUT2D eigenvalue weighted by atomic mass is 16.5. The second-order valence-corrected chi connectivity index (χ2v) is 4.03. The molecule has 0 aliphatic heterocycles. The summed E-state index contributed by atoms with van der Waals surface area (Å²) in [6.07, 6.45) is 3.82. The van der Waals surface area contributed by atoms with Gasteiger partial charge in [-0.15, -0.1) is 0 Å². The summed E-state index contributed by atoms with van der Waals surface area (Å²) >= 11 is 0. The average Bonchev–Trinajstić information content (AvgIpc) is 2.63. The van der Waals surface area contributed by atoms with Gasteiger partial charge in [-0.3, -0.25) is 4.68 Å². The molecule has 0 fully saturated rings. The molecule has 2 unspecified atom stereocenters. The number of ether oxygens (including phenoxy) is 1. The fourth-order valence-corrected chi connectivity index (χ4v) is 1.80. The second kappa shape index (κ2) is 6.66. The fraction of sp³-hybridized carbons (Fsp3) is 0.750. The molecule has 0 saturated carbocycles. The van der Waals surface area contributed by atoms with Crippen LogP contribution >= 0.6 is 0 Å². The van der Waals surface area contributed by atoms with Crippen LogP contribution in [-0.2, 0) is 18.2 Å². The number of nitrogens with zero attached hydrogens (tertiary/aromatic N) is 2. The molecule has 1 rings (SSSR count). The molecule has 1 aromatic rings. The SMILES string of the molecule is CCCC(OCC)C(O)Cc1ccn(C)n1. The molecule has 0 aromatic carbocycles. The van der Waals surface area contributed by atoms with Crippen LogP contribution in [0.1, 0.15) is 32.4 Å². The summed E-state index contributed by atoms with van der Waals surface area (Å²) in [6, 6.07) is 1.93. The summed E-state index contributed by atoms with van der Waals surface area (Å²) in [4.78, 5) is 0. The number of aliphatic hydroxyl groups excluding tert-OH is 1. The monoisotopic (exact) mass is 226 g/mol. The van der Waals surface area contributed by atoms with Crippen LogP contribution in [-0.4, -0.2) is 33.7 Å². The Morgan fingerprint density at radius 1 is 1.50 bits per heavy atom. The Morgan fingerprint density at radius 2 is 2.25 bits per heavy atom. The van der Waals surface area contributed by atoms with Crippen molar-refractivity contribution in [1.82, 2.24) is 9.78 Å². The van der Waals surface area contributed by atoms with Gasteiger partial charge >= 0.3 is 0 Å². The van der Waals surface area contributed by atoms with E-state index in [2.05, 4.69) is 12.0 Å². The minimum absolute atomic E-state index is 0.0722. The molecule has 4 nitrogen and oxygen atoms in total. The van der Waals surface area contributed by atoms with Crippen LogP contribution in [0.5, 0.6) is 0 Å². The van der Waals surface area contributed by atoms with E-state index in [-0.39, 0.29) is 6.10 Å². The minimum Gasteiger partial charge on any atom is -0.390 e. The van der Waals surface area contributed by atoms with E-state index >= 15 is 0 Å². The van der Waals surface area contributed by atoms with Gasteiger partial charge in [0, 0.05) is 26.3 Å². The molecular weight excluding hydrogens is 204 g/mol. The smallest absolute Gasteiger partial charge is 0.0857 e. The van der Waals surface area contributed by atoms with Crippen LogP contribution in [0.15, 0.2) is 12.3 Å². The molecular formula is C12H22N2O2. The first-order valence-electron chi connectivity index (χ1n) is 5.95. The van der Waals surface area contributed by atoms with Crippen molar-refractivity contribution in [2.45, 2.75) is 45.3 Å². The first-order valence-corrected chi connectivity index (χ1v) is 5.95. The minimum atomic E-state index is -0.463. The van der Waals surface area contributed by atoms with Gasteiger partial charge in [0.25, 0.3) is 0 Å². The summed E-state index contributed by atoms with van der Waals surface area (Å²) < 4.78 is 7.29. The molecule has 16 heavy (non-hydrogen) atoms. The van der Waals surface area contributed by atoms with Crippen LogP contribution in [0.3, 0.4) is 0 Å². The maximum absolute atomic E-state index is 10.1. The first kappa shape index (κ1) is 13.2. The van der Waals surface area contributed by atoms with Gasteiger partial charge in [0.15, 0.2) is 0 Å². The molecule has 0 aliphatic rings. The predicted octanol–water partition coefficient (Wildman–Crippen LogP) is 1.53. The van der Waals surface area contributed by atoms with Crippen molar-refractivity contribution >= 4 is 0 Å². The molecule has 92 valence electrons. The highest BCUT2D eigenvalue weighted by molar-refractivity contribution is 5.01. The van der Waals surface area contributed by atoms with E-state index < -0.39 is 6.10 Å². The largest absolute Gasteiger partial charge is 0.390 e. The summed E-state index contributed by atoms with van der Waals surface area (Å²) in [6.45, 7) is 4.69. The van der Waals surface area contributed by atoms with Crippen molar-refractivity contribution in [3.05, 3.63) is 18.0 Å². The normalized spacial score (nSPS) is 15.0. The summed E-state index contributed by atoms with van der Waals surface area (Å²) in [5, 5.41) is 14.3. The van der Waals surface area contributed by atoms with E-state index in [9.17, 15) is 5.11 Å². The quantitative estimate of drug-likeness (QED) is 0.767. The number of aromatic nitrogens is 2. The zero-order valence-electron chi connectivity index (χ0n) is 10.4. The molecule has 0 spiro atoms. The Balaban J connectivity index is 2.50. The van der Waals surface area contributed by atoms with Crippen LogP contribution < -0.4 is 0 Å². The number of rotatable bonds is 7. The van der Waals surface area contributed by atoms with Crippen molar-refractivity contribution in [2.24, 2.45) is 7.05 Å². The van der Waals surface area contributed by atoms with Gasteiger partial charge < -0.3 is 9.84 Å². The van der Waals surface area contributed by atoms with Gasteiger partial charge in [-0.05, 0) is 19.4 Å². The Labute approximate surface area is 97.2 Å². The third-order valence-corrected chi connectivity index (χ3v) is 2.57. The number of aryl methyl sites for hydroxylation is 1. The van der Waals surface area contributed by atoms with E-state index in [1.807, 2.05) is 26.2 Å². The van der Waals surface area contributed by atoms with Crippen LogP contribution in [0.4, 0.5) is 0 Å². The van der Waals surface area contributed by atoms with E-state index in [0.29, 0.717) is 13.0 Å². The first-order chi connectivity index (χ1) is 7.67. The molecule has 2 atom stereocenters. The Morgan fingerprint density at radius 3 is 2.75 bits per heavy atom. The molecule has 0 saturated heterocycles. The lowest BCUT2D eigenvalue weighted by Gasteiger charge is -2.21. The summed E-state index contributed by atoms with van der Waals surface area (Å²) in [5.74, 6) is 0. The van der Waals surface area contributed by atoms with E-state index in [1.54, 1.807) is 4.68 Å². The molecule has 4 heteroatoms. The molecule has 0 aliphatic carbocycles. The Bertz CT molecular complexity index is 293. The van der Waals surface area contributed by atoms with Gasteiger partial charge in [0.05, 0.1) is 17.9 Å². The van der Waals surface area contributed by atoms with Crippen molar-refractivity contribution < 1.29 is 9.84 Å². The van der Waals surface area contributed by atoms with Crippen LogP contribution in [0, 0.1) is 0 Å². The zero-order valence-corrected chi connectivity index (χ0v) is 10.4. The van der Waals surface area contributed by atoms with Gasteiger partial charge in [-0.1, -0.05) is 13.3 Å². The van der Waals surface area contributed by atoms with Crippen molar-refractivity contribution in [3.63, 3.8) is 0 Å². The van der Waals surface area contributed by atoms with Crippen molar-refractivity contribution in [3.8, 4) is 0 Å². The van der Waals surface area contributed by atoms with E-state index in [0.717, 1.165) is 18.5 Å². The maximum Gasteiger partial charge on any atom is 0.0857 e. The third kappa shape index (κ3) is 3.94. The highest BCUT2D eigenvalue weighted by Gasteiger charge is 2.19. The predicted molar refractivity (Wildman–Crippen MR) is 63.2 cm³/mol. The molecule has 1 aromatic heterocycles. The molecule has 0 bridgehead atoms. The highest BCUT2D eigenvalue weighted by Crippen LogP contribution is 2.11. The number of hydrogen-bond donors (Lipinski definition) is 1. The van der Waals surface area contributed by atoms with E-state index in [4.69, 9.17) is 4.74 Å².